The molecule has 2 aliphatic rings. The molecule has 0 aliphatic heterocycles. The minimum absolute atomic E-state index is 0.579. The van der Waals surface area contributed by atoms with Gasteiger partial charge in [0.2, 0.25) is 0 Å². The second-order valence-electron chi connectivity index (χ2n) is 17.6. The van der Waals surface area contributed by atoms with Crippen LogP contribution in [-0.4, -0.2) is 0 Å². The van der Waals surface area contributed by atoms with Gasteiger partial charge in [0.1, 0.15) is 0 Å². The second-order valence-corrected chi connectivity index (χ2v) is 17.6. The van der Waals surface area contributed by atoms with E-state index in [2.05, 4.69) is 277 Å². The molecule has 1 atom stereocenters. The molecule has 13 rings (SSSR count). The van der Waals surface area contributed by atoms with Crippen molar-refractivity contribution in [1.82, 2.24) is 0 Å². The summed E-state index contributed by atoms with van der Waals surface area (Å²) in [6, 6.07) is 98.2. The molecular formula is C65H44N2. The monoisotopic (exact) mass is 852 g/mol. The Morgan fingerprint density at radius 2 is 0.612 bits per heavy atom. The van der Waals surface area contributed by atoms with Gasteiger partial charge < -0.3 is 9.80 Å². The number of benzene rings is 11. The van der Waals surface area contributed by atoms with Gasteiger partial charge in [0.05, 0.1) is 11.1 Å². The summed E-state index contributed by atoms with van der Waals surface area (Å²) in [5, 5.41) is 2.40. The van der Waals surface area contributed by atoms with Gasteiger partial charge >= 0.3 is 0 Å². The molecule has 2 heteroatoms. The van der Waals surface area contributed by atoms with Crippen LogP contribution in [0.3, 0.4) is 0 Å². The van der Waals surface area contributed by atoms with Gasteiger partial charge in [0.25, 0.3) is 0 Å². The van der Waals surface area contributed by atoms with E-state index in [1.54, 1.807) is 0 Å². The van der Waals surface area contributed by atoms with Gasteiger partial charge in [-0.05, 0) is 145 Å². The van der Waals surface area contributed by atoms with Gasteiger partial charge in [-0.2, -0.15) is 0 Å². The van der Waals surface area contributed by atoms with Crippen LogP contribution in [-0.2, 0) is 5.41 Å². The molecule has 2 nitrogen and oxygen atoms in total. The van der Waals surface area contributed by atoms with Gasteiger partial charge in [-0.25, -0.2) is 0 Å². The Labute approximate surface area is 391 Å². The van der Waals surface area contributed by atoms with Crippen molar-refractivity contribution in [2.45, 2.75) is 5.41 Å². The van der Waals surface area contributed by atoms with Gasteiger partial charge in [-0.1, -0.05) is 194 Å². The first-order valence-electron chi connectivity index (χ1n) is 23.2. The third-order valence-electron chi connectivity index (χ3n) is 14.0. The Bertz CT molecular complexity index is 3570. The van der Waals surface area contributed by atoms with Gasteiger partial charge in [-0.15, -0.1) is 0 Å². The van der Waals surface area contributed by atoms with Crippen LogP contribution in [0.4, 0.5) is 34.1 Å². The first-order chi connectivity index (χ1) is 33.2. The largest absolute Gasteiger partial charge is 0.310 e. The lowest BCUT2D eigenvalue weighted by Crippen LogP contribution is -2.26. The zero-order valence-electron chi connectivity index (χ0n) is 36.8. The SMILES string of the molecule is c1ccc(-c2ccc(-c3cc4ccccc4cc3N(c3ccccc3)c3ccc4c(c3)C3(c5ccccc5-c5ccc(N(c6ccccc6)c6ccccc6)cc53)c3ccccc3-4)cc2)cc1. The summed E-state index contributed by atoms with van der Waals surface area (Å²) >= 11 is 0. The number of nitrogens with zero attached hydrogens (tertiary/aromatic N) is 2. The van der Waals surface area contributed by atoms with Crippen LogP contribution in [0.1, 0.15) is 22.3 Å². The molecule has 1 unspecified atom stereocenters. The van der Waals surface area contributed by atoms with E-state index in [1.165, 1.54) is 77.5 Å². The van der Waals surface area contributed by atoms with E-state index >= 15 is 0 Å². The van der Waals surface area contributed by atoms with Crippen LogP contribution in [0.25, 0.3) is 55.3 Å². The normalized spacial score (nSPS) is 14.0. The third kappa shape index (κ3) is 6.18. The number of anilines is 6. The summed E-state index contributed by atoms with van der Waals surface area (Å²) in [5.74, 6) is 0. The maximum atomic E-state index is 2.50. The van der Waals surface area contributed by atoms with E-state index in [0.29, 0.717) is 0 Å². The lowest BCUT2D eigenvalue weighted by Gasteiger charge is -2.33. The van der Waals surface area contributed by atoms with Crippen molar-refractivity contribution >= 4 is 44.9 Å². The highest BCUT2D eigenvalue weighted by Crippen LogP contribution is 2.64. The number of para-hydroxylation sites is 3. The van der Waals surface area contributed by atoms with E-state index in [-0.39, 0.29) is 0 Å². The Morgan fingerprint density at radius 3 is 1.15 bits per heavy atom. The Balaban J connectivity index is 1.05. The summed E-state index contributed by atoms with van der Waals surface area (Å²) in [6.07, 6.45) is 0. The number of hydrogen-bond donors (Lipinski definition) is 0. The lowest BCUT2D eigenvalue weighted by molar-refractivity contribution is 0.793. The topological polar surface area (TPSA) is 6.48 Å². The van der Waals surface area contributed by atoms with Crippen molar-refractivity contribution in [3.8, 4) is 44.5 Å². The van der Waals surface area contributed by atoms with Crippen LogP contribution in [0, 0.1) is 0 Å². The van der Waals surface area contributed by atoms with Crippen LogP contribution < -0.4 is 9.80 Å². The molecule has 11 aromatic rings. The fourth-order valence-corrected chi connectivity index (χ4v) is 11.1. The van der Waals surface area contributed by atoms with E-state index in [4.69, 9.17) is 0 Å². The zero-order chi connectivity index (χ0) is 44.3. The van der Waals surface area contributed by atoms with Crippen LogP contribution in [0.5, 0.6) is 0 Å². The van der Waals surface area contributed by atoms with Gasteiger partial charge in [0.15, 0.2) is 0 Å². The minimum atomic E-state index is -0.579. The maximum Gasteiger partial charge on any atom is 0.0727 e. The zero-order valence-corrected chi connectivity index (χ0v) is 36.8. The van der Waals surface area contributed by atoms with Crippen molar-refractivity contribution in [3.63, 3.8) is 0 Å². The molecule has 0 radical (unpaired) electrons. The molecule has 0 heterocycles. The molecule has 314 valence electrons. The molecule has 0 bridgehead atoms. The van der Waals surface area contributed by atoms with E-state index in [9.17, 15) is 0 Å². The molecular weight excluding hydrogens is 809 g/mol. The van der Waals surface area contributed by atoms with Crippen molar-refractivity contribution < 1.29 is 0 Å². The standard InChI is InChI=1S/C65H44N2/c1-5-19-45(20-6-1)46-33-35-47(36-34-46)59-41-48-21-13-14-22-49(48)42-64(59)67(52-27-11-4-12-28-52)54-38-40-58-56-30-16-18-32-61(56)65(63(58)44-54)60-31-17-15-29-55(60)57-39-37-53(43-62(57)65)66(50-23-7-2-8-24-50)51-25-9-3-10-26-51/h1-44H. The smallest absolute Gasteiger partial charge is 0.0727 e. The van der Waals surface area contributed by atoms with Crippen LogP contribution in [0.15, 0.2) is 267 Å². The molecule has 0 amide bonds. The Hall–Kier alpha value is -8.72. The fraction of sp³-hybridized carbons (Fsp3) is 0.0154. The average molecular weight is 853 g/mol. The summed E-state index contributed by atoms with van der Waals surface area (Å²) in [4.78, 5) is 4.87. The number of rotatable bonds is 8. The predicted molar refractivity (Wildman–Crippen MR) is 280 cm³/mol. The highest BCUT2D eigenvalue weighted by Gasteiger charge is 2.52. The molecule has 11 aromatic carbocycles. The predicted octanol–water partition coefficient (Wildman–Crippen LogP) is 17.5. The van der Waals surface area contributed by atoms with Crippen molar-refractivity contribution in [3.05, 3.63) is 289 Å². The average Bonchev–Trinajstić information content (AvgIpc) is 3.86. The van der Waals surface area contributed by atoms with Crippen LogP contribution in [0.2, 0.25) is 0 Å². The maximum absolute atomic E-state index is 2.50. The highest BCUT2D eigenvalue weighted by molar-refractivity contribution is 6.01. The summed E-state index contributed by atoms with van der Waals surface area (Å²) in [5.41, 5.74) is 21.1. The molecule has 0 aromatic heterocycles. The van der Waals surface area contributed by atoms with Gasteiger partial charge in [0, 0.05) is 34.0 Å². The molecule has 0 N–H and O–H groups in total. The third-order valence-corrected chi connectivity index (χ3v) is 14.0. The van der Waals surface area contributed by atoms with Crippen molar-refractivity contribution in [1.29, 1.82) is 0 Å². The van der Waals surface area contributed by atoms with E-state index in [0.717, 1.165) is 34.1 Å². The second kappa shape index (κ2) is 15.8. The summed E-state index contributed by atoms with van der Waals surface area (Å²) in [6.45, 7) is 0. The Kier molecular flexibility index (Phi) is 9.11. The highest BCUT2D eigenvalue weighted by atomic mass is 15.1. The fourth-order valence-electron chi connectivity index (χ4n) is 11.1. The number of hydrogen-bond acceptors (Lipinski definition) is 2. The first-order valence-corrected chi connectivity index (χ1v) is 23.2. The molecule has 0 saturated carbocycles. The molecule has 67 heavy (non-hydrogen) atoms. The summed E-state index contributed by atoms with van der Waals surface area (Å²) in [7, 11) is 0. The van der Waals surface area contributed by atoms with E-state index in [1.807, 2.05) is 0 Å². The molecule has 0 saturated heterocycles. The molecule has 2 aliphatic carbocycles. The van der Waals surface area contributed by atoms with E-state index < -0.39 is 5.41 Å². The van der Waals surface area contributed by atoms with Gasteiger partial charge in [-0.3, -0.25) is 0 Å². The van der Waals surface area contributed by atoms with Crippen molar-refractivity contribution in [2.75, 3.05) is 9.80 Å². The summed E-state index contributed by atoms with van der Waals surface area (Å²) < 4.78 is 0. The molecule has 1 spiro atoms. The molecule has 0 fully saturated rings. The van der Waals surface area contributed by atoms with Crippen molar-refractivity contribution in [2.24, 2.45) is 0 Å². The lowest BCUT2D eigenvalue weighted by atomic mass is 9.70. The first kappa shape index (κ1) is 38.7. The minimum Gasteiger partial charge on any atom is -0.310 e. The number of fused-ring (bicyclic) bond motifs is 11. The quantitative estimate of drug-likeness (QED) is 0.150. The van der Waals surface area contributed by atoms with Crippen LogP contribution >= 0.6 is 0 Å². The Morgan fingerprint density at radius 1 is 0.224 bits per heavy atom.